The zero-order chi connectivity index (χ0) is 20.0. The van der Waals surface area contributed by atoms with Crippen LogP contribution in [0.5, 0.6) is 0 Å². The van der Waals surface area contributed by atoms with Crippen LogP contribution in [0.1, 0.15) is 45.3 Å². The van der Waals surface area contributed by atoms with Gasteiger partial charge in [0.1, 0.15) is 11.5 Å². The second kappa shape index (κ2) is 7.84. The Morgan fingerprint density at radius 2 is 1.90 bits per heavy atom. The van der Waals surface area contributed by atoms with E-state index in [4.69, 9.17) is 0 Å². The SMILES string of the molecule is CC1CCN(c2cc3c(c(C(F)F)n2)C=CC[C@H]2[C@H](N4CCNCC4)CN32)CC1.[HH]. The van der Waals surface area contributed by atoms with Crippen LogP contribution in [-0.4, -0.2) is 67.8 Å². The smallest absolute Gasteiger partial charge is 0.281 e. The molecule has 29 heavy (non-hydrogen) atoms. The molecule has 0 aromatic carbocycles. The molecule has 0 unspecified atom stereocenters. The molecule has 7 heteroatoms. The Morgan fingerprint density at radius 1 is 1.14 bits per heavy atom. The molecular weight excluding hydrogens is 372 g/mol. The van der Waals surface area contributed by atoms with E-state index in [-0.39, 0.29) is 7.12 Å². The Morgan fingerprint density at radius 3 is 2.62 bits per heavy atom. The van der Waals surface area contributed by atoms with Crippen molar-refractivity contribution in [1.29, 1.82) is 0 Å². The third-order valence-electron chi connectivity index (χ3n) is 7.19. The zero-order valence-corrected chi connectivity index (χ0v) is 17.2. The van der Waals surface area contributed by atoms with Crippen molar-refractivity contribution in [3.8, 4) is 0 Å². The van der Waals surface area contributed by atoms with E-state index in [2.05, 4.69) is 44.1 Å². The van der Waals surface area contributed by atoms with Crippen LogP contribution < -0.4 is 15.1 Å². The number of aromatic nitrogens is 1. The first-order valence-corrected chi connectivity index (χ1v) is 11.1. The van der Waals surface area contributed by atoms with Crippen LogP contribution in [0.15, 0.2) is 12.1 Å². The van der Waals surface area contributed by atoms with E-state index in [1.807, 2.05) is 6.08 Å². The number of alkyl halides is 2. The summed E-state index contributed by atoms with van der Waals surface area (Å²) in [5, 5.41) is 3.42. The van der Waals surface area contributed by atoms with E-state index in [0.717, 1.165) is 76.6 Å². The van der Waals surface area contributed by atoms with Gasteiger partial charge in [0, 0.05) is 71.0 Å². The second-order valence-electron chi connectivity index (χ2n) is 8.98. The van der Waals surface area contributed by atoms with Crippen LogP contribution in [-0.2, 0) is 0 Å². The van der Waals surface area contributed by atoms with Gasteiger partial charge >= 0.3 is 0 Å². The van der Waals surface area contributed by atoms with E-state index in [1.165, 1.54) is 0 Å². The molecule has 0 radical (unpaired) electrons. The van der Waals surface area contributed by atoms with Crippen molar-refractivity contribution in [2.24, 2.45) is 5.92 Å². The maximum Gasteiger partial charge on any atom is 0.281 e. The van der Waals surface area contributed by atoms with Gasteiger partial charge in [-0.1, -0.05) is 19.1 Å². The van der Waals surface area contributed by atoms with Crippen molar-refractivity contribution in [3.05, 3.63) is 23.4 Å². The van der Waals surface area contributed by atoms with Gasteiger partial charge in [-0.3, -0.25) is 4.90 Å². The minimum absolute atomic E-state index is 0. The Bertz CT molecular complexity index is 775. The topological polar surface area (TPSA) is 34.6 Å². The van der Waals surface area contributed by atoms with E-state index in [9.17, 15) is 8.78 Å². The third kappa shape index (κ3) is 3.52. The highest BCUT2D eigenvalue weighted by atomic mass is 19.3. The lowest BCUT2D eigenvalue weighted by molar-refractivity contribution is 0.110. The molecule has 3 fully saturated rings. The molecule has 3 saturated heterocycles. The van der Waals surface area contributed by atoms with Crippen molar-refractivity contribution in [2.75, 3.05) is 55.6 Å². The van der Waals surface area contributed by atoms with Crippen LogP contribution in [0.4, 0.5) is 20.3 Å². The predicted octanol–water partition coefficient (Wildman–Crippen LogP) is 3.38. The molecule has 0 bridgehead atoms. The van der Waals surface area contributed by atoms with Gasteiger partial charge in [-0.25, -0.2) is 13.8 Å². The summed E-state index contributed by atoms with van der Waals surface area (Å²) in [5.41, 5.74) is 1.52. The largest absolute Gasteiger partial charge is 0.364 e. The molecular formula is C22H33F2N5. The monoisotopic (exact) mass is 405 g/mol. The van der Waals surface area contributed by atoms with Crippen molar-refractivity contribution in [3.63, 3.8) is 0 Å². The third-order valence-corrected chi connectivity index (χ3v) is 7.19. The lowest BCUT2D eigenvalue weighted by Crippen LogP contribution is -2.69. The number of halogens is 2. The highest BCUT2D eigenvalue weighted by Gasteiger charge is 2.44. The normalized spacial score (nSPS) is 28.1. The van der Waals surface area contributed by atoms with Gasteiger partial charge in [0.25, 0.3) is 6.43 Å². The van der Waals surface area contributed by atoms with Crippen molar-refractivity contribution >= 4 is 17.6 Å². The van der Waals surface area contributed by atoms with Gasteiger partial charge in [-0.05, 0) is 25.2 Å². The van der Waals surface area contributed by atoms with Gasteiger partial charge < -0.3 is 15.1 Å². The van der Waals surface area contributed by atoms with E-state index < -0.39 is 6.43 Å². The van der Waals surface area contributed by atoms with Crippen LogP contribution in [0, 0.1) is 5.92 Å². The number of nitrogens with zero attached hydrogens (tertiary/aromatic N) is 4. The number of hydrogen-bond donors (Lipinski definition) is 1. The lowest BCUT2D eigenvalue weighted by atomic mass is 9.90. The van der Waals surface area contributed by atoms with Gasteiger partial charge in [-0.2, -0.15) is 0 Å². The average molecular weight is 406 g/mol. The highest BCUT2D eigenvalue weighted by molar-refractivity contribution is 5.76. The Labute approximate surface area is 173 Å². The van der Waals surface area contributed by atoms with Crippen LogP contribution in [0.25, 0.3) is 6.08 Å². The summed E-state index contributed by atoms with van der Waals surface area (Å²) in [4.78, 5) is 11.6. The van der Waals surface area contributed by atoms with Crippen molar-refractivity contribution in [1.82, 2.24) is 15.2 Å². The standard InChI is InChI=1S/C22H31F2N5.H2/c1-15-5-9-28(10-6-15)20-13-18-16(21(26-20)22(23)24)3-2-4-17-19(14-29(17)18)27-11-7-25-8-12-27;/h2-3,13,15,17,19,22,25H,4-12,14H2,1H3;1H/t17-,19+;/m0./s1. The Hall–Kier alpha value is -1.73. The van der Waals surface area contributed by atoms with E-state index in [0.29, 0.717) is 23.6 Å². The fourth-order valence-corrected chi connectivity index (χ4v) is 5.31. The Balaban J connectivity index is 0.00000218. The molecule has 4 aliphatic heterocycles. The number of hydrogen-bond acceptors (Lipinski definition) is 5. The first kappa shape index (κ1) is 19.2. The molecule has 160 valence electrons. The quantitative estimate of drug-likeness (QED) is 0.834. The van der Waals surface area contributed by atoms with E-state index >= 15 is 0 Å². The maximum absolute atomic E-state index is 14.0. The second-order valence-corrected chi connectivity index (χ2v) is 8.98. The number of pyridine rings is 1. The van der Waals surface area contributed by atoms with Gasteiger partial charge in [-0.15, -0.1) is 0 Å². The summed E-state index contributed by atoms with van der Waals surface area (Å²) < 4.78 is 27.9. The first-order valence-electron chi connectivity index (χ1n) is 11.1. The maximum atomic E-state index is 14.0. The van der Waals surface area contributed by atoms with Crippen LogP contribution in [0.2, 0.25) is 0 Å². The average Bonchev–Trinajstić information content (AvgIpc) is 2.85. The molecule has 1 aromatic rings. The first-order chi connectivity index (χ1) is 14.1. The molecule has 5 heterocycles. The number of nitrogens with one attached hydrogen (secondary N) is 1. The molecule has 5 rings (SSSR count). The molecule has 5 nitrogen and oxygen atoms in total. The molecule has 2 atom stereocenters. The fourth-order valence-electron chi connectivity index (χ4n) is 5.31. The van der Waals surface area contributed by atoms with Crippen molar-refractivity contribution < 1.29 is 10.2 Å². The minimum atomic E-state index is -2.56. The molecule has 0 amide bonds. The van der Waals surface area contributed by atoms with Gasteiger partial charge in [0.05, 0.1) is 5.69 Å². The van der Waals surface area contributed by atoms with Crippen LogP contribution in [0.3, 0.4) is 0 Å². The van der Waals surface area contributed by atoms with E-state index in [1.54, 1.807) is 0 Å². The number of rotatable bonds is 3. The zero-order valence-electron chi connectivity index (χ0n) is 17.2. The van der Waals surface area contributed by atoms with Crippen molar-refractivity contribution in [2.45, 2.75) is 44.7 Å². The predicted molar refractivity (Wildman–Crippen MR) is 115 cm³/mol. The number of anilines is 2. The highest BCUT2D eigenvalue weighted by Crippen LogP contribution is 2.42. The number of piperazine rings is 1. The summed E-state index contributed by atoms with van der Waals surface area (Å²) in [6.45, 7) is 9.19. The van der Waals surface area contributed by atoms with Gasteiger partial charge in [0.15, 0.2) is 0 Å². The summed E-state index contributed by atoms with van der Waals surface area (Å²) in [7, 11) is 0. The molecule has 0 aliphatic carbocycles. The molecule has 1 aromatic heterocycles. The lowest BCUT2D eigenvalue weighted by Gasteiger charge is -2.54. The summed E-state index contributed by atoms with van der Waals surface area (Å²) in [6, 6.07) is 2.95. The van der Waals surface area contributed by atoms with Crippen LogP contribution >= 0.6 is 0 Å². The fraction of sp³-hybridized carbons (Fsp3) is 0.682. The Kier molecular flexibility index (Phi) is 5.20. The molecule has 0 spiro atoms. The number of fused-ring (bicyclic) bond motifs is 3. The molecule has 0 saturated carbocycles. The van der Waals surface area contributed by atoms with Gasteiger partial charge in [0.2, 0.25) is 0 Å². The summed E-state index contributed by atoms with van der Waals surface area (Å²) in [5.74, 6) is 1.43. The molecule has 4 aliphatic rings. The summed E-state index contributed by atoms with van der Waals surface area (Å²) in [6.07, 6.45) is 4.51. The number of piperidine rings is 1. The summed E-state index contributed by atoms with van der Waals surface area (Å²) >= 11 is 0. The molecule has 1 N–H and O–H groups in total. The minimum Gasteiger partial charge on any atom is -0.364 e.